The Balaban J connectivity index is 0.000000111. The molecule has 0 heterocycles. The average molecular weight is 493 g/mol. The molecule has 0 aliphatic heterocycles. The molecule has 0 amide bonds. The maximum absolute atomic E-state index is 2.31. The van der Waals surface area contributed by atoms with Gasteiger partial charge in [-0.15, -0.1) is 0 Å². The van der Waals surface area contributed by atoms with Crippen LogP contribution >= 0.6 is 0 Å². The highest BCUT2D eigenvalue weighted by atomic mass is 14.1. The molecule has 6 aliphatic carbocycles. The molecule has 0 spiro atoms. The predicted molar refractivity (Wildman–Crippen MR) is 161 cm³/mol. The number of allylic oxidation sites excluding steroid dienone is 2. The topological polar surface area (TPSA) is 0 Å². The van der Waals surface area contributed by atoms with Gasteiger partial charge in [0.05, 0.1) is 0 Å². The Bertz CT molecular complexity index is 973. The van der Waals surface area contributed by atoms with Gasteiger partial charge in [0.25, 0.3) is 0 Å². The number of hydrogen-bond acceptors (Lipinski definition) is 0. The van der Waals surface area contributed by atoms with Crippen molar-refractivity contribution >= 4 is 0 Å². The van der Waals surface area contributed by atoms with Crippen LogP contribution < -0.4 is 0 Å². The van der Waals surface area contributed by atoms with Gasteiger partial charge in [-0.3, -0.25) is 0 Å². The van der Waals surface area contributed by atoms with E-state index in [0.717, 1.165) is 0 Å². The van der Waals surface area contributed by atoms with Crippen molar-refractivity contribution < 1.29 is 0 Å². The standard InChI is InChI=1S/3C9H10.C5H10.C5H8/c1-3-8-5-2-6-9(4-1)7-8;1-2-5-9-7-3-6-8(9)4-1;1-2-8-4-6-9(3-1)7-5-8;2*1-2-4-5-3-1/h1,3-4,7H,2,5-6H2;1-2,4-5H,3,6-7H2;4-7H,1-3H2;1-5H2;1-2H,3-5H2. The molecule has 1 saturated carbocycles. The molecule has 0 saturated heterocycles. The fourth-order valence-electron chi connectivity index (χ4n) is 5.79. The first kappa shape index (κ1) is 27.4. The van der Waals surface area contributed by atoms with E-state index < -0.39 is 0 Å². The molecule has 0 unspecified atom stereocenters. The van der Waals surface area contributed by atoms with Crippen LogP contribution in [0.25, 0.3) is 0 Å². The minimum Gasteiger partial charge on any atom is -0.0885 e. The van der Waals surface area contributed by atoms with E-state index in [9.17, 15) is 0 Å². The third kappa shape index (κ3) is 10.4. The summed E-state index contributed by atoms with van der Waals surface area (Å²) in [5.41, 5.74) is 9.15. The van der Waals surface area contributed by atoms with Crippen LogP contribution in [0.15, 0.2) is 84.9 Å². The number of rotatable bonds is 0. The third-order valence-corrected chi connectivity index (χ3v) is 8.05. The van der Waals surface area contributed by atoms with Crippen molar-refractivity contribution in [1.82, 2.24) is 0 Å². The first-order chi connectivity index (χ1) is 18.4. The zero-order valence-electron chi connectivity index (χ0n) is 23.1. The highest BCUT2D eigenvalue weighted by molar-refractivity contribution is 5.30. The van der Waals surface area contributed by atoms with Crippen molar-refractivity contribution in [3.05, 3.63) is 118 Å². The molecule has 1 fully saturated rings. The van der Waals surface area contributed by atoms with Crippen molar-refractivity contribution in [1.29, 1.82) is 0 Å². The van der Waals surface area contributed by atoms with Gasteiger partial charge in [0.1, 0.15) is 0 Å². The van der Waals surface area contributed by atoms with Crippen LogP contribution in [-0.2, 0) is 38.5 Å². The van der Waals surface area contributed by atoms with E-state index in [1.807, 2.05) is 0 Å². The van der Waals surface area contributed by atoms with Gasteiger partial charge in [-0.05, 0) is 110 Å². The van der Waals surface area contributed by atoms with Gasteiger partial charge in [0.2, 0.25) is 0 Å². The summed E-state index contributed by atoms with van der Waals surface area (Å²) in [7, 11) is 0. The molecular formula is C37H48. The Morgan fingerprint density at radius 1 is 0.324 bits per heavy atom. The van der Waals surface area contributed by atoms with Crippen molar-refractivity contribution in [3.8, 4) is 0 Å². The van der Waals surface area contributed by atoms with Crippen LogP contribution in [0.1, 0.15) is 104 Å². The van der Waals surface area contributed by atoms with Crippen LogP contribution in [0.4, 0.5) is 0 Å². The molecule has 3 aromatic carbocycles. The Labute approximate surface area is 227 Å². The van der Waals surface area contributed by atoms with E-state index >= 15 is 0 Å². The van der Waals surface area contributed by atoms with Crippen molar-refractivity contribution in [2.45, 2.75) is 109 Å². The fraction of sp³-hybridized carbons (Fsp3) is 0.459. The SMILES string of the molecule is C1=CCCC1.C1CCCC1.c1cc2cc(c1)CCC2.c1cc2ccc1CCC2.c1ccc2c(c1)CCC2. The first-order valence-corrected chi connectivity index (χ1v) is 15.2. The molecule has 4 bridgehead atoms. The second-order valence-electron chi connectivity index (χ2n) is 11.1. The Kier molecular flexibility index (Phi) is 12.1. The second kappa shape index (κ2) is 16.3. The van der Waals surface area contributed by atoms with Gasteiger partial charge in [-0.1, -0.05) is 117 Å². The summed E-state index contributed by atoms with van der Waals surface area (Å²) in [6.07, 6.45) is 27.8. The Morgan fingerprint density at radius 2 is 0.757 bits per heavy atom. The van der Waals surface area contributed by atoms with E-state index in [4.69, 9.17) is 0 Å². The summed E-state index contributed by atoms with van der Waals surface area (Å²) < 4.78 is 0. The molecule has 0 N–H and O–H groups in total. The van der Waals surface area contributed by atoms with Crippen LogP contribution in [0.5, 0.6) is 0 Å². The lowest BCUT2D eigenvalue weighted by atomic mass is 9.96. The van der Waals surface area contributed by atoms with Crippen LogP contribution in [0, 0.1) is 0 Å². The molecule has 0 nitrogen and oxygen atoms in total. The molecule has 0 aromatic heterocycles. The number of fused-ring (bicyclic) bond motifs is 7. The summed E-state index contributed by atoms with van der Waals surface area (Å²) in [5, 5.41) is 0. The fourth-order valence-corrected chi connectivity index (χ4v) is 5.79. The lowest BCUT2D eigenvalue weighted by molar-refractivity contribution is 0.789. The van der Waals surface area contributed by atoms with E-state index in [-0.39, 0.29) is 0 Å². The maximum atomic E-state index is 2.31. The summed E-state index contributed by atoms with van der Waals surface area (Å²) in [6, 6.07) is 26.6. The minimum atomic E-state index is 1.27. The normalized spacial score (nSPS) is 17.4. The quantitative estimate of drug-likeness (QED) is 0.274. The van der Waals surface area contributed by atoms with Crippen LogP contribution in [0.3, 0.4) is 0 Å². The summed E-state index contributed by atoms with van der Waals surface area (Å²) >= 11 is 0. The third-order valence-electron chi connectivity index (χ3n) is 8.05. The lowest BCUT2D eigenvalue weighted by Gasteiger charge is -2.10. The van der Waals surface area contributed by atoms with E-state index in [2.05, 4.69) is 84.9 Å². The average Bonchev–Trinajstić information content (AvgIpc) is 3.74. The highest BCUT2D eigenvalue weighted by Gasteiger charge is 2.07. The monoisotopic (exact) mass is 492 g/mol. The van der Waals surface area contributed by atoms with Gasteiger partial charge in [-0.2, -0.15) is 0 Å². The number of hydrogen-bond donors (Lipinski definition) is 0. The summed E-state index contributed by atoms with van der Waals surface area (Å²) in [4.78, 5) is 0. The summed E-state index contributed by atoms with van der Waals surface area (Å²) in [6.45, 7) is 0. The molecule has 9 rings (SSSR count). The predicted octanol–water partition coefficient (Wildman–Crippen LogP) is 10.2. The molecule has 6 aliphatic rings. The van der Waals surface area contributed by atoms with Crippen molar-refractivity contribution in [3.63, 3.8) is 0 Å². The number of benzene rings is 3. The van der Waals surface area contributed by atoms with E-state index in [1.54, 1.807) is 11.1 Å². The highest BCUT2D eigenvalue weighted by Crippen LogP contribution is 2.20. The maximum Gasteiger partial charge on any atom is -0.0273 e. The largest absolute Gasteiger partial charge is 0.0885 e. The van der Waals surface area contributed by atoms with Gasteiger partial charge in [0.15, 0.2) is 0 Å². The minimum absolute atomic E-state index is 1.27. The van der Waals surface area contributed by atoms with Crippen molar-refractivity contribution in [2.24, 2.45) is 0 Å². The molecule has 37 heavy (non-hydrogen) atoms. The van der Waals surface area contributed by atoms with E-state index in [1.165, 1.54) is 131 Å². The van der Waals surface area contributed by atoms with Crippen molar-refractivity contribution in [2.75, 3.05) is 0 Å². The Morgan fingerprint density at radius 3 is 1.16 bits per heavy atom. The van der Waals surface area contributed by atoms with Gasteiger partial charge >= 0.3 is 0 Å². The van der Waals surface area contributed by atoms with Gasteiger partial charge in [0, 0.05) is 0 Å². The van der Waals surface area contributed by atoms with E-state index in [0.29, 0.717) is 0 Å². The molecule has 0 heteroatoms. The molecule has 0 atom stereocenters. The molecule has 196 valence electrons. The second-order valence-corrected chi connectivity index (χ2v) is 11.1. The van der Waals surface area contributed by atoms with Gasteiger partial charge < -0.3 is 0 Å². The molecule has 3 aromatic rings. The van der Waals surface area contributed by atoms with Gasteiger partial charge in [-0.25, -0.2) is 0 Å². The zero-order valence-corrected chi connectivity index (χ0v) is 23.1. The smallest absolute Gasteiger partial charge is 0.0273 e. The number of aryl methyl sites for hydroxylation is 6. The Hall–Kier alpha value is -2.60. The summed E-state index contributed by atoms with van der Waals surface area (Å²) in [5.74, 6) is 0. The lowest BCUT2D eigenvalue weighted by Crippen LogP contribution is -1.97. The molecular weight excluding hydrogens is 444 g/mol. The first-order valence-electron chi connectivity index (χ1n) is 15.2. The zero-order chi connectivity index (χ0) is 25.4. The van der Waals surface area contributed by atoms with Crippen LogP contribution in [-0.4, -0.2) is 0 Å². The molecule has 0 radical (unpaired) electrons. The van der Waals surface area contributed by atoms with Crippen LogP contribution in [0.2, 0.25) is 0 Å².